The summed E-state index contributed by atoms with van der Waals surface area (Å²) in [5, 5.41) is 25.2. The highest BCUT2D eigenvalue weighted by Gasteiger charge is 2.20. The SMILES string of the molecule is O=C(Cn1c(=O)n(Cc2ccc(O)c(O)c2)c(=O)c2ccc(C(=O)NC3CCCCC3)cc21)Nc1cccc(F)c1. The first-order chi connectivity index (χ1) is 19.7. The lowest BCUT2D eigenvalue weighted by Gasteiger charge is -2.23. The van der Waals surface area contributed by atoms with E-state index in [1.54, 1.807) is 0 Å². The van der Waals surface area contributed by atoms with E-state index in [1.807, 2.05) is 0 Å². The number of nitrogens with one attached hydrogen (secondary N) is 2. The number of anilines is 1. The summed E-state index contributed by atoms with van der Waals surface area (Å²) in [6.45, 7) is -0.780. The number of nitrogens with zero attached hydrogens (tertiary/aromatic N) is 2. The number of hydrogen-bond donors (Lipinski definition) is 4. The van der Waals surface area contributed by atoms with E-state index in [0.29, 0.717) is 5.56 Å². The average Bonchev–Trinajstić information content (AvgIpc) is 2.95. The van der Waals surface area contributed by atoms with E-state index < -0.39 is 35.3 Å². The number of phenolic OH excluding ortho intramolecular Hbond substituents is 2. The number of hydrogen-bond acceptors (Lipinski definition) is 6. The third-order valence-electron chi connectivity index (χ3n) is 7.22. The Morgan fingerprint density at radius 1 is 0.902 bits per heavy atom. The Bertz CT molecular complexity index is 1760. The minimum atomic E-state index is -0.825. The van der Waals surface area contributed by atoms with Crippen LogP contribution in [0.25, 0.3) is 10.9 Å². The molecule has 1 aliphatic rings. The van der Waals surface area contributed by atoms with Gasteiger partial charge in [-0.15, -0.1) is 0 Å². The summed E-state index contributed by atoms with van der Waals surface area (Å²) in [5.41, 5.74) is -0.600. The maximum Gasteiger partial charge on any atom is 0.332 e. The van der Waals surface area contributed by atoms with Gasteiger partial charge in [-0.2, -0.15) is 0 Å². The summed E-state index contributed by atoms with van der Waals surface area (Å²) in [7, 11) is 0. The second-order valence-electron chi connectivity index (χ2n) is 10.2. The van der Waals surface area contributed by atoms with Gasteiger partial charge in [-0.05, 0) is 66.9 Å². The van der Waals surface area contributed by atoms with E-state index in [9.17, 15) is 33.8 Å². The summed E-state index contributed by atoms with van der Waals surface area (Å²) in [6.07, 6.45) is 4.94. The van der Waals surface area contributed by atoms with Crippen molar-refractivity contribution in [2.24, 2.45) is 0 Å². The molecule has 0 spiro atoms. The van der Waals surface area contributed by atoms with Crippen LogP contribution < -0.4 is 21.9 Å². The van der Waals surface area contributed by atoms with Crippen LogP contribution in [0.2, 0.25) is 0 Å². The van der Waals surface area contributed by atoms with Crippen LogP contribution in [0.15, 0.2) is 70.3 Å². The van der Waals surface area contributed by atoms with Crippen LogP contribution in [0.1, 0.15) is 48.0 Å². The molecule has 4 N–H and O–H groups in total. The van der Waals surface area contributed by atoms with Gasteiger partial charge in [0.05, 0.1) is 17.4 Å². The van der Waals surface area contributed by atoms with E-state index in [0.717, 1.165) is 47.3 Å². The molecule has 0 atom stereocenters. The van der Waals surface area contributed by atoms with E-state index in [-0.39, 0.29) is 46.4 Å². The zero-order chi connectivity index (χ0) is 29.1. The van der Waals surface area contributed by atoms with Crippen molar-refractivity contribution in [2.75, 3.05) is 5.32 Å². The first-order valence-corrected chi connectivity index (χ1v) is 13.3. The van der Waals surface area contributed by atoms with Gasteiger partial charge in [0, 0.05) is 17.3 Å². The Labute approximate surface area is 233 Å². The number of halogens is 1. The van der Waals surface area contributed by atoms with Gasteiger partial charge < -0.3 is 20.8 Å². The number of carbonyl (C=O) groups excluding carboxylic acids is 2. The third kappa shape index (κ3) is 6.13. The maximum absolute atomic E-state index is 13.7. The van der Waals surface area contributed by atoms with Crippen LogP contribution in [0.3, 0.4) is 0 Å². The van der Waals surface area contributed by atoms with Crippen molar-refractivity contribution in [2.45, 2.75) is 51.2 Å². The second-order valence-corrected chi connectivity index (χ2v) is 10.2. The largest absolute Gasteiger partial charge is 0.504 e. The van der Waals surface area contributed by atoms with Crippen molar-refractivity contribution < 1.29 is 24.2 Å². The van der Waals surface area contributed by atoms with E-state index in [2.05, 4.69) is 10.6 Å². The molecule has 212 valence electrons. The lowest BCUT2D eigenvalue weighted by Crippen LogP contribution is -2.42. The van der Waals surface area contributed by atoms with Gasteiger partial charge in [-0.3, -0.25) is 23.5 Å². The molecule has 0 unspecified atom stereocenters. The molecule has 1 heterocycles. The molecule has 41 heavy (non-hydrogen) atoms. The van der Waals surface area contributed by atoms with Crippen molar-refractivity contribution in [3.05, 3.63) is 98.4 Å². The zero-order valence-electron chi connectivity index (χ0n) is 22.1. The molecule has 1 fully saturated rings. The fourth-order valence-corrected chi connectivity index (χ4v) is 5.13. The predicted molar refractivity (Wildman–Crippen MR) is 151 cm³/mol. The predicted octanol–water partition coefficient (Wildman–Crippen LogP) is 3.46. The molecular formula is C30H29FN4O6. The molecular weight excluding hydrogens is 531 g/mol. The number of amides is 2. The van der Waals surface area contributed by atoms with Gasteiger partial charge in [0.1, 0.15) is 12.4 Å². The molecule has 0 bridgehead atoms. The van der Waals surface area contributed by atoms with Gasteiger partial charge in [-0.1, -0.05) is 31.4 Å². The van der Waals surface area contributed by atoms with Gasteiger partial charge in [0.2, 0.25) is 5.91 Å². The molecule has 5 rings (SSSR count). The van der Waals surface area contributed by atoms with Crippen molar-refractivity contribution in [1.82, 2.24) is 14.5 Å². The zero-order valence-corrected chi connectivity index (χ0v) is 22.1. The number of benzene rings is 3. The van der Waals surface area contributed by atoms with Crippen LogP contribution in [-0.4, -0.2) is 37.2 Å². The molecule has 1 aromatic heterocycles. The highest BCUT2D eigenvalue weighted by molar-refractivity contribution is 5.98. The summed E-state index contributed by atoms with van der Waals surface area (Å²) in [6, 6.07) is 13.6. The van der Waals surface area contributed by atoms with Crippen LogP contribution in [0, 0.1) is 5.82 Å². The molecule has 1 aliphatic carbocycles. The first kappa shape index (κ1) is 27.6. The number of phenols is 2. The third-order valence-corrected chi connectivity index (χ3v) is 7.22. The van der Waals surface area contributed by atoms with Gasteiger partial charge in [0.25, 0.3) is 11.5 Å². The molecule has 4 aromatic rings. The Morgan fingerprint density at radius 3 is 2.41 bits per heavy atom. The quantitative estimate of drug-likeness (QED) is 0.255. The van der Waals surface area contributed by atoms with E-state index in [1.165, 1.54) is 54.6 Å². The van der Waals surface area contributed by atoms with Crippen molar-refractivity contribution in [3.8, 4) is 11.5 Å². The summed E-state index contributed by atoms with van der Waals surface area (Å²) in [4.78, 5) is 53.2. The monoisotopic (exact) mass is 560 g/mol. The fourth-order valence-electron chi connectivity index (χ4n) is 5.13. The Balaban J connectivity index is 1.56. The lowest BCUT2D eigenvalue weighted by molar-refractivity contribution is -0.116. The molecule has 3 aromatic carbocycles. The van der Waals surface area contributed by atoms with Gasteiger partial charge >= 0.3 is 5.69 Å². The second kappa shape index (κ2) is 11.7. The number of fused-ring (bicyclic) bond motifs is 1. The molecule has 10 nitrogen and oxygen atoms in total. The Hall–Kier alpha value is -4.93. The van der Waals surface area contributed by atoms with E-state index in [4.69, 9.17) is 0 Å². The van der Waals surface area contributed by atoms with Crippen molar-refractivity contribution in [1.29, 1.82) is 0 Å². The van der Waals surface area contributed by atoms with Crippen molar-refractivity contribution in [3.63, 3.8) is 0 Å². The van der Waals surface area contributed by atoms with Crippen LogP contribution in [0.4, 0.5) is 10.1 Å². The summed E-state index contributed by atoms with van der Waals surface area (Å²) in [5.74, 6) is -2.32. The molecule has 1 saturated carbocycles. The topological polar surface area (TPSA) is 143 Å². The molecule has 11 heteroatoms. The lowest BCUT2D eigenvalue weighted by atomic mass is 9.95. The minimum absolute atomic E-state index is 0.0425. The average molecular weight is 561 g/mol. The smallest absolute Gasteiger partial charge is 0.332 e. The molecule has 0 aliphatic heterocycles. The summed E-state index contributed by atoms with van der Waals surface area (Å²) >= 11 is 0. The summed E-state index contributed by atoms with van der Waals surface area (Å²) < 4.78 is 15.6. The number of carbonyl (C=O) groups is 2. The first-order valence-electron chi connectivity index (χ1n) is 13.3. The van der Waals surface area contributed by atoms with Gasteiger partial charge in [0.15, 0.2) is 11.5 Å². The maximum atomic E-state index is 13.7. The molecule has 0 radical (unpaired) electrons. The minimum Gasteiger partial charge on any atom is -0.504 e. The number of aromatic nitrogens is 2. The Kier molecular flexibility index (Phi) is 7.86. The molecule has 0 saturated heterocycles. The van der Waals surface area contributed by atoms with Crippen LogP contribution in [-0.2, 0) is 17.9 Å². The Morgan fingerprint density at radius 2 is 1.68 bits per heavy atom. The highest BCUT2D eigenvalue weighted by atomic mass is 19.1. The van der Waals surface area contributed by atoms with Crippen LogP contribution >= 0.6 is 0 Å². The van der Waals surface area contributed by atoms with E-state index >= 15 is 0 Å². The van der Waals surface area contributed by atoms with Gasteiger partial charge in [-0.25, -0.2) is 9.18 Å². The molecule has 2 amide bonds. The highest BCUT2D eigenvalue weighted by Crippen LogP contribution is 2.25. The number of rotatable bonds is 7. The fraction of sp³-hybridized carbons (Fsp3) is 0.267. The van der Waals surface area contributed by atoms with Crippen molar-refractivity contribution >= 4 is 28.4 Å². The number of aromatic hydroxyl groups is 2. The standard InChI is InChI=1S/C30H29FN4O6/c31-20-5-4-8-22(15-20)32-27(38)17-34-24-14-19(28(39)33-21-6-2-1-3-7-21)10-11-23(24)29(40)35(30(34)41)16-18-9-12-25(36)26(37)13-18/h4-5,8-15,21,36-37H,1-3,6-7,16-17H2,(H,32,38)(H,33,39). The normalized spacial score (nSPS) is 13.7. The van der Waals surface area contributed by atoms with Crippen LogP contribution in [0.5, 0.6) is 11.5 Å².